The SMILES string of the molecule is CCCCC1COC2(CCC(C(C)(C)C)CC2)O1. The van der Waals surface area contributed by atoms with E-state index >= 15 is 0 Å². The largest absolute Gasteiger partial charge is 0.347 e. The molecule has 1 unspecified atom stereocenters. The van der Waals surface area contributed by atoms with E-state index in [4.69, 9.17) is 9.47 Å². The van der Waals surface area contributed by atoms with E-state index in [-0.39, 0.29) is 5.79 Å². The Balaban J connectivity index is 1.82. The van der Waals surface area contributed by atoms with E-state index in [0.717, 1.165) is 25.4 Å². The zero-order valence-corrected chi connectivity index (χ0v) is 12.6. The lowest BCUT2D eigenvalue weighted by Crippen LogP contribution is -2.38. The van der Waals surface area contributed by atoms with Crippen LogP contribution in [0.4, 0.5) is 0 Å². The van der Waals surface area contributed by atoms with Gasteiger partial charge in [0.1, 0.15) is 0 Å². The third-order valence-electron chi connectivity index (χ3n) is 4.77. The molecule has 0 amide bonds. The van der Waals surface area contributed by atoms with Crippen LogP contribution in [-0.4, -0.2) is 18.5 Å². The number of rotatable bonds is 3. The summed E-state index contributed by atoms with van der Waals surface area (Å²) in [6.45, 7) is 10.1. The topological polar surface area (TPSA) is 18.5 Å². The van der Waals surface area contributed by atoms with Crippen molar-refractivity contribution in [1.82, 2.24) is 0 Å². The molecule has 2 rings (SSSR count). The Hall–Kier alpha value is -0.0800. The van der Waals surface area contributed by atoms with Gasteiger partial charge in [-0.15, -0.1) is 0 Å². The maximum absolute atomic E-state index is 6.23. The molecule has 1 atom stereocenters. The predicted molar refractivity (Wildman–Crippen MR) is 74.5 cm³/mol. The van der Waals surface area contributed by atoms with Crippen molar-refractivity contribution in [1.29, 1.82) is 0 Å². The van der Waals surface area contributed by atoms with Gasteiger partial charge in [-0.1, -0.05) is 40.5 Å². The van der Waals surface area contributed by atoms with Gasteiger partial charge in [0, 0.05) is 12.8 Å². The Labute approximate surface area is 112 Å². The molecule has 1 aliphatic heterocycles. The minimum absolute atomic E-state index is 0.208. The molecule has 2 aliphatic rings. The van der Waals surface area contributed by atoms with E-state index in [1.54, 1.807) is 0 Å². The van der Waals surface area contributed by atoms with Gasteiger partial charge in [0.2, 0.25) is 0 Å². The second-order valence-electron chi connectivity index (χ2n) is 7.24. The second-order valence-corrected chi connectivity index (χ2v) is 7.24. The van der Waals surface area contributed by atoms with Crippen molar-refractivity contribution in [3.63, 3.8) is 0 Å². The first-order valence-corrected chi connectivity index (χ1v) is 7.77. The molecule has 1 aliphatic carbocycles. The lowest BCUT2D eigenvalue weighted by Gasteiger charge is -2.41. The van der Waals surface area contributed by atoms with Crippen LogP contribution in [0.5, 0.6) is 0 Å². The van der Waals surface area contributed by atoms with E-state index in [0.29, 0.717) is 11.5 Å². The number of unbranched alkanes of at least 4 members (excludes halogenated alkanes) is 1. The molecule has 1 heterocycles. The molecular weight excluding hydrogens is 224 g/mol. The van der Waals surface area contributed by atoms with Gasteiger partial charge in [0.15, 0.2) is 5.79 Å². The molecule has 0 bridgehead atoms. The molecule has 106 valence electrons. The van der Waals surface area contributed by atoms with Crippen LogP contribution in [0.15, 0.2) is 0 Å². The van der Waals surface area contributed by atoms with E-state index in [2.05, 4.69) is 27.7 Å². The Morgan fingerprint density at radius 1 is 1.17 bits per heavy atom. The molecule has 1 saturated heterocycles. The Kier molecular flexibility index (Phi) is 4.38. The molecule has 1 spiro atoms. The highest BCUT2D eigenvalue weighted by Gasteiger charge is 2.45. The van der Waals surface area contributed by atoms with Crippen LogP contribution < -0.4 is 0 Å². The standard InChI is InChI=1S/C16H30O2/c1-5-6-7-14-12-17-16(18-14)10-8-13(9-11-16)15(2,3)4/h13-14H,5-12H2,1-4H3. The summed E-state index contributed by atoms with van der Waals surface area (Å²) in [4.78, 5) is 0. The first kappa shape index (κ1) is 14.3. The maximum atomic E-state index is 6.23. The average molecular weight is 254 g/mol. The number of ether oxygens (including phenoxy) is 2. The zero-order valence-electron chi connectivity index (χ0n) is 12.6. The van der Waals surface area contributed by atoms with Gasteiger partial charge in [0.25, 0.3) is 0 Å². The quantitative estimate of drug-likeness (QED) is 0.737. The molecule has 2 fully saturated rings. The molecule has 2 nitrogen and oxygen atoms in total. The molecule has 0 aromatic heterocycles. The maximum Gasteiger partial charge on any atom is 0.168 e. The van der Waals surface area contributed by atoms with Crippen LogP contribution in [0.25, 0.3) is 0 Å². The van der Waals surface area contributed by atoms with Crippen LogP contribution in [0.2, 0.25) is 0 Å². The van der Waals surface area contributed by atoms with Gasteiger partial charge in [-0.2, -0.15) is 0 Å². The normalized spacial score (nSPS) is 37.3. The Morgan fingerprint density at radius 3 is 2.39 bits per heavy atom. The molecule has 0 aromatic rings. The molecule has 2 heteroatoms. The highest BCUT2D eigenvalue weighted by atomic mass is 16.7. The van der Waals surface area contributed by atoms with Crippen molar-refractivity contribution in [2.24, 2.45) is 11.3 Å². The molecule has 0 aromatic carbocycles. The summed E-state index contributed by atoms with van der Waals surface area (Å²) >= 11 is 0. The lowest BCUT2D eigenvalue weighted by molar-refractivity contribution is -0.197. The lowest BCUT2D eigenvalue weighted by atomic mass is 9.71. The molecule has 0 N–H and O–H groups in total. The Bertz CT molecular complexity index is 259. The fourth-order valence-corrected chi connectivity index (χ4v) is 3.38. The fourth-order valence-electron chi connectivity index (χ4n) is 3.38. The molecule has 18 heavy (non-hydrogen) atoms. The van der Waals surface area contributed by atoms with Gasteiger partial charge in [0.05, 0.1) is 12.7 Å². The highest BCUT2D eigenvalue weighted by molar-refractivity contribution is 4.88. The molecule has 1 saturated carbocycles. The van der Waals surface area contributed by atoms with E-state index in [1.165, 1.54) is 32.1 Å². The first-order valence-electron chi connectivity index (χ1n) is 7.77. The fraction of sp³-hybridized carbons (Fsp3) is 1.00. The highest BCUT2D eigenvalue weighted by Crippen LogP contribution is 2.45. The van der Waals surface area contributed by atoms with Crippen molar-refractivity contribution in [3.05, 3.63) is 0 Å². The van der Waals surface area contributed by atoms with Gasteiger partial charge >= 0.3 is 0 Å². The number of hydrogen-bond donors (Lipinski definition) is 0. The summed E-state index contributed by atoms with van der Waals surface area (Å²) in [6, 6.07) is 0. The summed E-state index contributed by atoms with van der Waals surface area (Å²) in [7, 11) is 0. The summed E-state index contributed by atoms with van der Waals surface area (Å²) in [5.41, 5.74) is 0.432. The predicted octanol–water partition coefficient (Wildman–Crippen LogP) is 4.52. The van der Waals surface area contributed by atoms with Crippen molar-refractivity contribution >= 4 is 0 Å². The van der Waals surface area contributed by atoms with Crippen LogP contribution in [0.1, 0.15) is 72.6 Å². The van der Waals surface area contributed by atoms with Gasteiger partial charge in [-0.25, -0.2) is 0 Å². The monoisotopic (exact) mass is 254 g/mol. The van der Waals surface area contributed by atoms with Crippen molar-refractivity contribution in [2.75, 3.05) is 6.61 Å². The van der Waals surface area contributed by atoms with Crippen LogP contribution >= 0.6 is 0 Å². The first-order chi connectivity index (χ1) is 8.45. The van der Waals surface area contributed by atoms with E-state index < -0.39 is 0 Å². The van der Waals surface area contributed by atoms with Gasteiger partial charge in [-0.05, 0) is 30.6 Å². The van der Waals surface area contributed by atoms with Crippen molar-refractivity contribution < 1.29 is 9.47 Å². The minimum atomic E-state index is -0.208. The summed E-state index contributed by atoms with van der Waals surface area (Å²) in [5.74, 6) is 0.616. The van der Waals surface area contributed by atoms with Crippen LogP contribution in [0, 0.1) is 11.3 Å². The third kappa shape index (κ3) is 3.27. The summed E-state index contributed by atoms with van der Waals surface area (Å²) in [5, 5.41) is 0. The third-order valence-corrected chi connectivity index (χ3v) is 4.77. The van der Waals surface area contributed by atoms with E-state index in [9.17, 15) is 0 Å². The molecule has 0 radical (unpaired) electrons. The number of hydrogen-bond acceptors (Lipinski definition) is 2. The average Bonchev–Trinajstić information content (AvgIpc) is 2.69. The van der Waals surface area contributed by atoms with Gasteiger partial charge in [-0.3, -0.25) is 0 Å². The second kappa shape index (κ2) is 5.50. The minimum Gasteiger partial charge on any atom is -0.347 e. The zero-order chi connectivity index (χ0) is 13.2. The van der Waals surface area contributed by atoms with Crippen LogP contribution in [0.3, 0.4) is 0 Å². The Morgan fingerprint density at radius 2 is 1.83 bits per heavy atom. The van der Waals surface area contributed by atoms with E-state index in [1.807, 2.05) is 0 Å². The van der Waals surface area contributed by atoms with Crippen molar-refractivity contribution in [3.8, 4) is 0 Å². The summed E-state index contributed by atoms with van der Waals surface area (Å²) in [6.07, 6.45) is 8.73. The van der Waals surface area contributed by atoms with Crippen LogP contribution in [-0.2, 0) is 9.47 Å². The molecular formula is C16H30O2. The van der Waals surface area contributed by atoms with Crippen molar-refractivity contribution in [2.45, 2.75) is 84.5 Å². The summed E-state index contributed by atoms with van der Waals surface area (Å²) < 4.78 is 12.3. The smallest absolute Gasteiger partial charge is 0.168 e. The van der Waals surface area contributed by atoms with Gasteiger partial charge < -0.3 is 9.47 Å².